The lowest BCUT2D eigenvalue weighted by Crippen LogP contribution is -2.00. The molecule has 0 unspecified atom stereocenters. The Balaban J connectivity index is 1.57. The molecule has 31 heavy (non-hydrogen) atoms. The van der Waals surface area contributed by atoms with Crippen LogP contribution in [-0.4, -0.2) is 6.61 Å². The zero-order valence-electron chi connectivity index (χ0n) is 18.9. The summed E-state index contributed by atoms with van der Waals surface area (Å²) in [6.45, 7) is 2.84. The number of hydrogen-bond donors (Lipinski definition) is 0. The fourth-order valence-electron chi connectivity index (χ4n) is 3.80. The van der Waals surface area contributed by atoms with E-state index in [1.165, 1.54) is 64.2 Å². The third-order valence-corrected chi connectivity index (χ3v) is 6.52. The third kappa shape index (κ3) is 10.9. The van der Waals surface area contributed by atoms with Crippen LogP contribution in [0.2, 0.25) is 5.02 Å². The second-order valence-corrected chi connectivity index (χ2v) is 9.74. The number of hydrogen-bond acceptors (Lipinski definition) is 1. The molecule has 0 atom stereocenters. The Bertz CT molecular complexity index is 765. The van der Waals surface area contributed by atoms with Crippen molar-refractivity contribution in [3.63, 3.8) is 0 Å². The zero-order chi connectivity index (χ0) is 22.3. The van der Waals surface area contributed by atoms with Gasteiger partial charge in [-0.1, -0.05) is 111 Å². The lowest BCUT2D eigenvalue weighted by atomic mass is 10.0. The summed E-state index contributed by atoms with van der Waals surface area (Å²) in [6, 6.07) is 10.9. The van der Waals surface area contributed by atoms with Gasteiger partial charge in [0.15, 0.2) is 11.6 Å². The molecule has 0 fully saturated rings. The highest BCUT2D eigenvalue weighted by molar-refractivity contribution is 9.10. The van der Waals surface area contributed by atoms with Gasteiger partial charge in [-0.2, -0.15) is 0 Å². The molecular formula is C27H37BrClFO. The van der Waals surface area contributed by atoms with Gasteiger partial charge in [0.2, 0.25) is 0 Å². The predicted molar refractivity (Wildman–Crippen MR) is 135 cm³/mol. The van der Waals surface area contributed by atoms with E-state index in [0.717, 1.165) is 28.4 Å². The van der Waals surface area contributed by atoms with Gasteiger partial charge < -0.3 is 4.74 Å². The third-order valence-electron chi connectivity index (χ3n) is 5.65. The van der Waals surface area contributed by atoms with Crippen LogP contribution in [0.4, 0.5) is 4.39 Å². The van der Waals surface area contributed by atoms with Crippen LogP contribution in [0.3, 0.4) is 0 Å². The van der Waals surface area contributed by atoms with Crippen LogP contribution in [0, 0.1) is 5.82 Å². The van der Waals surface area contributed by atoms with Crippen LogP contribution in [0.1, 0.15) is 95.1 Å². The Hall–Kier alpha value is -1.06. The molecule has 2 aromatic rings. The fourth-order valence-corrected chi connectivity index (χ4v) is 4.39. The van der Waals surface area contributed by atoms with Gasteiger partial charge in [-0.25, -0.2) is 4.39 Å². The van der Waals surface area contributed by atoms with Gasteiger partial charge in [0.25, 0.3) is 0 Å². The number of ether oxygens (including phenoxy) is 1. The predicted octanol–water partition coefficient (Wildman–Crippen LogP) is 9.91. The molecule has 0 amide bonds. The van der Waals surface area contributed by atoms with Gasteiger partial charge in [0.05, 0.1) is 6.61 Å². The molecule has 0 aliphatic heterocycles. The normalized spacial score (nSPS) is 11.1. The topological polar surface area (TPSA) is 9.23 Å². The minimum atomic E-state index is -0.303. The maximum Gasteiger partial charge on any atom is 0.165 e. The average Bonchev–Trinajstić information content (AvgIpc) is 2.75. The number of benzene rings is 2. The first-order valence-electron chi connectivity index (χ1n) is 12.0. The summed E-state index contributed by atoms with van der Waals surface area (Å²) in [6.07, 6.45) is 16.3. The lowest BCUT2D eigenvalue weighted by Gasteiger charge is -2.10. The summed E-state index contributed by atoms with van der Waals surface area (Å²) in [5.41, 5.74) is 1.86. The van der Waals surface area contributed by atoms with Crippen LogP contribution in [0.15, 0.2) is 40.9 Å². The SMILES string of the molecule is CCCCCCCCCCCCCCOc1ccc(Cc2cc(Br)ccc2Cl)cc1F. The maximum absolute atomic E-state index is 14.4. The molecule has 0 N–H and O–H groups in total. The van der Waals surface area contributed by atoms with E-state index in [4.69, 9.17) is 16.3 Å². The molecule has 0 spiro atoms. The van der Waals surface area contributed by atoms with E-state index in [2.05, 4.69) is 22.9 Å². The minimum absolute atomic E-state index is 0.303. The van der Waals surface area contributed by atoms with Gasteiger partial charge in [0, 0.05) is 9.50 Å². The van der Waals surface area contributed by atoms with E-state index in [9.17, 15) is 4.39 Å². The van der Waals surface area contributed by atoms with E-state index >= 15 is 0 Å². The van der Waals surface area contributed by atoms with E-state index in [1.54, 1.807) is 12.1 Å². The first-order valence-corrected chi connectivity index (χ1v) is 13.1. The smallest absolute Gasteiger partial charge is 0.165 e. The molecule has 0 aromatic heterocycles. The van der Waals surface area contributed by atoms with Crippen molar-refractivity contribution in [1.29, 1.82) is 0 Å². The number of halogens is 3. The molecule has 0 bridgehead atoms. The fraction of sp³-hybridized carbons (Fsp3) is 0.556. The quantitative estimate of drug-likeness (QED) is 0.204. The highest BCUT2D eigenvalue weighted by Gasteiger charge is 2.08. The standard InChI is InChI=1S/C27H37BrClFO/c1-2-3-4-5-6-7-8-9-10-11-12-13-18-31-27-17-14-22(20-26(27)30)19-23-21-24(28)15-16-25(23)29/h14-17,20-21H,2-13,18-19H2,1H3. The molecule has 0 saturated heterocycles. The first-order chi connectivity index (χ1) is 15.1. The van der Waals surface area contributed by atoms with Crippen molar-refractivity contribution in [1.82, 2.24) is 0 Å². The largest absolute Gasteiger partial charge is 0.491 e. The van der Waals surface area contributed by atoms with E-state index in [1.807, 2.05) is 24.3 Å². The van der Waals surface area contributed by atoms with E-state index < -0.39 is 0 Å². The molecular weight excluding hydrogens is 475 g/mol. The van der Waals surface area contributed by atoms with Crippen LogP contribution >= 0.6 is 27.5 Å². The number of unbranched alkanes of at least 4 members (excludes halogenated alkanes) is 11. The maximum atomic E-state index is 14.4. The van der Waals surface area contributed by atoms with Crippen molar-refractivity contribution in [2.24, 2.45) is 0 Å². The van der Waals surface area contributed by atoms with Crippen molar-refractivity contribution in [2.75, 3.05) is 6.61 Å². The van der Waals surface area contributed by atoms with Crippen molar-refractivity contribution >= 4 is 27.5 Å². The molecule has 0 aliphatic carbocycles. The van der Waals surface area contributed by atoms with Gasteiger partial charge in [-0.05, 0) is 54.3 Å². The van der Waals surface area contributed by atoms with Gasteiger partial charge in [-0.3, -0.25) is 0 Å². The van der Waals surface area contributed by atoms with E-state index in [-0.39, 0.29) is 5.82 Å². The van der Waals surface area contributed by atoms with Crippen molar-refractivity contribution in [2.45, 2.75) is 90.4 Å². The lowest BCUT2D eigenvalue weighted by molar-refractivity contribution is 0.289. The Morgan fingerprint density at radius 3 is 2.03 bits per heavy atom. The monoisotopic (exact) mass is 510 g/mol. The molecule has 0 aliphatic rings. The van der Waals surface area contributed by atoms with Crippen molar-refractivity contribution < 1.29 is 9.13 Å². The van der Waals surface area contributed by atoms with Crippen LogP contribution in [-0.2, 0) is 6.42 Å². The molecule has 0 saturated carbocycles. The highest BCUT2D eigenvalue weighted by atomic mass is 79.9. The summed E-state index contributed by atoms with van der Waals surface area (Å²) in [4.78, 5) is 0. The Kier molecular flexibility index (Phi) is 13.3. The van der Waals surface area contributed by atoms with E-state index in [0.29, 0.717) is 23.8 Å². The van der Waals surface area contributed by atoms with Gasteiger partial charge in [0.1, 0.15) is 0 Å². The summed E-state index contributed by atoms with van der Waals surface area (Å²) in [7, 11) is 0. The Morgan fingerprint density at radius 2 is 1.42 bits per heavy atom. The second kappa shape index (κ2) is 15.7. The Morgan fingerprint density at radius 1 is 0.806 bits per heavy atom. The summed E-state index contributed by atoms with van der Waals surface area (Å²) >= 11 is 9.70. The molecule has 172 valence electrons. The van der Waals surface area contributed by atoms with Crippen LogP contribution in [0.25, 0.3) is 0 Å². The molecule has 1 nitrogen and oxygen atoms in total. The minimum Gasteiger partial charge on any atom is -0.491 e. The molecule has 4 heteroatoms. The van der Waals surface area contributed by atoms with Gasteiger partial charge >= 0.3 is 0 Å². The van der Waals surface area contributed by atoms with Crippen LogP contribution < -0.4 is 4.74 Å². The molecule has 2 aromatic carbocycles. The second-order valence-electron chi connectivity index (χ2n) is 8.41. The van der Waals surface area contributed by atoms with Gasteiger partial charge in [-0.15, -0.1) is 0 Å². The summed E-state index contributed by atoms with van der Waals surface area (Å²) in [5.74, 6) is 0.0368. The summed E-state index contributed by atoms with van der Waals surface area (Å²) in [5, 5.41) is 0.691. The highest BCUT2D eigenvalue weighted by Crippen LogP contribution is 2.26. The summed E-state index contributed by atoms with van der Waals surface area (Å²) < 4.78 is 21.0. The average molecular weight is 512 g/mol. The van der Waals surface area contributed by atoms with Crippen LogP contribution in [0.5, 0.6) is 5.75 Å². The number of rotatable bonds is 16. The zero-order valence-corrected chi connectivity index (χ0v) is 21.2. The first kappa shape index (κ1) is 26.2. The molecule has 0 radical (unpaired) electrons. The Labute approximate surface area is 201 Å². The van der Waals surface area contributed by atoms with Crippen molar-refractivity contribution in [3.8, 4) is 5.75 Å². The molecule has 2 rings (SSSR count). The molecule has 0 heterocycles. The van der Waals surface area contributed by atoms with Crippen molar-refractivity contribution in [3.05, 3.63) is 62.8 Å².